The van der Waals surface area contributed by atoms with Gasteiger partial charge in [0.15, 0.2) is 0 Å². The van der Waals surface area contributed by atoms with E-state index < -0.39 is 0 Å². The van der Waals surface area contributed by atoms with E-state index >= 15 is 0 Å². The molecule has 0 unspecified atom stereocenters. The van der Waals surface area contributed by atoms with Crippen molar-refractivity contribution in [2.24, 2.45) is 9.98 Å². The molecular weight excluding hydrogens is 348 g/mol. The van der Waals surface area contributed by atoms with Crippen LogP contribution in [-0.2, 0) is 0 Å². The Balaban J connectivity index is 1.56. The third kappa shape index (κ3) is 3.76. The maximum absolute atomic E-state index is 10.2. The number of hydrogen-bond acceptors (Lipinski definition) is 4. The van der Waals surface area contributed by atoms with Crippen molar-refractivity contribution in [3.63, 3.8) is 0 Å². The van der Waals surface area contributed by atoms with Gasteiger partial charge in [-0.2, -0.15) is 0 Å². The zero-order chi connectivity index (χ0) is 19.3. The van der Waals surface area contributed by atoms with Crippen molar-refractivity contribution < 1.29 is 10.2 Å². The monoisotopic (exact) mass is 366 g/mol. The molecule has 0 saturated heterocycles. The van der Waals surface area contributed by atoms with Crippen LogP contribution >= 0.6 is 0 Å². The Kier molecular flexibility index (Phi) is 4.85. The average molecular weight is 366 g/mol. The molecule has 0 spiro atoms. The topological polar surface area (TPSA) is 65.2 Å². The zero-order valence-corrected chi connectivity index (χ0v) is 15.0. The first-order valence-corrected chi connectivity index (χ1v) is 8.87. The lowest BCUT2D eigenvalue weighted by Crippen LogP contribution is -1.86. The second-order valence-electron chi connectivity index (χ2n) is 6.32. The molecule has 0 heterocycles. The smallest absolute Gasteiger partial charge is 0.141 e. The van der Waals surface area contributed by atoms with E-state index in [1.165, 1.54) is 0 Å². The number of hydrogen-bond donors (Lipinski definition) is 2. The molecule has 0 aromatic heterocycles. The third-order valence-electron chi connectivity index (χ3n) is 4.42. The maximum atomic E-state index is 10.2. The van der Waals surface area contributed by atoms with Crippen molar-refractivity contribution in [3.05, 3.63) is 96.1 Å². The van der Waals surface area contributed by atoms with Gasteiger partial charge in [0.1, 0.15) is 17.2 Å². The lowest BCUT2D eigenvalue weighted by atomic mass is 10.0. The molecule has 4 aromatic rings. The van der Waals surface area contributed by atoms with E-state index in [0.717, 1.165) is 22.0 Å². The highest BCUT2D eigenvalue weighted by molar-refractivity contribution is 6.03. The highest BCUT2D eigenvalue weighted by Crippen LogP contribution is 2.27. The van der Waals surface area contributed by atoms with Crippen LogP contribution in [0.5, 0.6) is 11.5 Å². The van der Waals surface area contributed by atoms with E-state index in [9.17, 15) is 10.2 Å². The fraction of sp³-hybridized carbons (Fsp3) is 0. The summed E-state index contributed by atoms with van der Waals surface area (Å²) < 4.78 is 0. The Morgan fingerprint density at radius 1 is 0.607 bits per heavy atom. The quantitative estimate of drug-likeness (QED) is 0.452. The second-order valence-corrected chi connectivity index (χ2v) is 6.32. The molecule has 4 aromatic carbocycles. The van der Waals surface area contributed by atoms with Crippen LogP contribution in [-0.4, -0.2) is 22.6 Å². The van der Waals surface area contributed by atoms with Gasteiger partial charge in [0.25, 0.3) is 0 Å². The molecule has 28 heavy (non-hydrogen) atoms. The summed E-state index contributed by atoms with van der Waals surface area (Å²) in [5.41, 5.74) is 2.89. The summed E-state index contributed by atoms with van der Waals surface area (Å²) in [7, 11) is 0. The minimum atomic E-state index is 0.148. The van der Waals surface area contributed by atoms with E-state index in [1.54, 1.807) is 36.7 Å². The Bertz CT molecular complexity index is 1180. The minimum absolute atomic E-state index is 0.148. The molecular formula is C24H18N2O2. The summed E-state index contributed by atoms with van der Waals surface area (Å²) in [6.45, 7) is 0. The first-order chi connectivity index (χ1) is 13.7. The van der Waals surface area contributed by atoms with Crippen molar-refractivity contribution in [1.82, 2.24) is 0 Å². The summed E-state index contributed by atoms with van der Waals surface area (Å²) >= 11 is 0. The molecule has 0 amide bonds. The first-order valence-electron chi connectivity index (χ1n) is 8.87. The van der Waals surface area contributed by atoms with Crippen molar-refractivity contribution >= 4 is 34.6 Å². The van der Waals surface area contributed by atoms with Gasteiger partial charge in [-0.3, -0.25) is 9.98 Å². The number of aliphatic imine (C=N–C) groups is 2. The van der Waals surface area contributed by atoms with Crippen molar-refractivity contribution in [1.29, 1.82) is 0 Å². The van der Waals surface area contributed by atoms with E-state index in [2.05, 4.69) is 9.98 Å². The average Bonchev–Trinajstić information content (AvgIpc) is 2.73. The van der Waals surface area contributed by atoms with E-state index in [0.29, 0.717) is 11.3 Å². The highest BCUT2D eigenvalue weighted by atomic mass is 16.3. The van der Waals surface area contributed by atoms with Gasteiger partial charge in [0.2, 0.25) is 0 Å². The lowest BCUT2D eigenvalue weighted by Gasteiger charge is -2.04. The van der Waals surface area contributed by atoms with E-state index in [4.69, 9.17) is 0 Å². The molecule has 4 nitrogen and oxygen atoms in total. The molecule has 0 radical (unpaired) electrons. The molecule has 0 aliphatic carbocycles. The predicted octanol–water partition coefficient (Wildman–Crippen LogP) is 5.75. The molecule has 0 fully saturated rings. The van der Waals surface area contributed by atoms with Crippen LogP contribution in [0, 0.1) is 0 Å². The van der Waals surface area contributed by atoms with Crippen LogP contribution < -0.4 is 0 Å². The van der Waals surface area contributed by atoms with Gasteiger partial charge in [0.05, 0.1) is 5.69 Å². The van der Waals surface area contributed by atoms with Gasteiger partial charge in [-0.05, 0) is 46.7 Å². The van der Waals surface area contributed by atoms with Gasteiger partial charge in [-0.25, -0.2) is 0 Å². The number of nitrogens with zero attached hydrogens (tertiary/aromatic N) is 2. The second kappa shape index (κ2) is 7.76. The molecule has 4 heteroatoms. The summed E-state index contributed by atoms with van der Waals surface area (Å²) in [4.78, 5) is 8.79. The number of rotatable bonds is 4. The van der Waals surface area contributed by atoms with Crippen molar-refractivity contribution in [3.8, 4) is 11.5 Å². The summed E-state index contributed by atoms with van der Waals surface area (Å²) in [5.74, 6) is 0.351. The van der Waals surface area contributed by atoms with Crippen LogP contribution in [0.15, 0.2) is 94.9 Å². The molecule has 2 N–H and O–H groups in total. The normalized spacial score (nSPS) is 11.6. The number of phenolic OH excluding ortho intramolecular Hbond substituents is 2. The summed E-state index contributed by atoms with van der Waals surface area (Å²) in [6.07, 6.45) is 3.38. The molecule has 0 aliphatic heterocycles. The fourth-order valence-electron chi connectivity index (χ4n) is 2.92. The number of para-hydroxylation sites is 2. The number of fused-ring (bicyclic) bond motifs is 1. The van der Waals surface area contributed by atoms with Gasteiger partial charge in [-0.15, -0.1) is 0 Å². The van der Waals surface area contributed by atoms with Crippen LogP contribution in [0.1, 0.15) is 11.1 Å². The van der Waals surface area contributed by atoms with E-state index in [1.807, 2.05) is 60.7 Å². The summed E-state index contributed by atoms with van der Waals surface area (Å²) in [6, 6.07) is 26.0. The predicted molar refractivity (Wildman–Crippen MR) is 115 cm³/mol. The van der Waals surface area contributed by atoms with Crippen molar-refractivity contribution in [2.75, 3.05) is 0 Å². The zero-order valence-electron chi connectivity index (χ0n) is 15.0. The summed E-state index contributed by atoms with van der Waals surface area (Å²) in [5, 5.41) is 22.0. The Hall–Kier alpha value is -3.92. The molecule has 0 aliphatic rings. The lowest BCUT2D eigenvalue weighted by molar-refractivity contribution is 0.475. The number of aromatic hydroxyl groups is 2. The Morgan fingerprint density at radius 3 is 2.18 bits per heavy atom. The standard InChI is InChI=1S/C24H18N2O2/c27-23-14-11-18-5-1-2-6-20(18)21(23)16-25-19-12-9-17(10-13-19)15-26-22-7-3-4-8-24(22)28/h1-16,27-28H. The largest absolute Gasteiger partial charge is 0.507 e. The molecule has 136 valence electrons. The van der Waals surface area contributed by atoms with Gasteiger partial charge in [-0.1, -0.05) is 54.6 Å². The SMILES string of the molecule is Oc1ccccc1N=Cc1ccc(N=Cc2c(O)ccc3ccccc23)cc1. The van der Waals surface area contributed by atoms with Gasteiger partial charge >= 0.3 is 0 Å². The third-order valence-corrected chi connectivity index (χ3v) is 4.42. The van der Waals surface area contributed by atoms with Crippen LogP contribution in [0.2, 0.25) is 0 Å². The van der Waals surface area contributed by atoms with Gasteiger partial charge < -0.3 is 10.2 Å². The van der Waals surface area contributed by atoms with Crippen molar-refractivity contribution in [2.45, 2.75) is 0 Å². The Morgan fingerprint density at radius 2 is 1.36 bits per heavy atom. The first kappa shape index (κ1) is 17.5. The number of phenols is 2. The van der Waals surface area contributed by atoms with Crippen LogP contribution in [0.3, 0.4) is 0 Å². The van der Waals surface area contributed by atoms with Crippen LogP contribution in [0.25, 0.3) is 10.8 Å². The highest BCUT2D eigenvalue weighted by Gasteiger charge is 2.04. The van der Waals surface area contributed by atoms with Crippen LogP contribution in [0.4, 0.5) is 11.4 Å². The number of benzene rings is 4. The van der Waals surface area contributed by atoms with Gasteiger partial charge in [0, 0.05) is 18.0 Å². The fourth-order valence-corrected chi connectivity index (χ4v) is 2.92. The van der Waals surface area contributed by atoms with E-state index in [-0.39, 0.29) is 11.5 Å². The molecule has 0 bridgehead atoms. The molecule has 0 atom stereocenters. The maximum Gasteiger partial charge on any atom is 0.141 e. The minimum Gasteiger partial charge on any atom is -0.507 e. The molecule has 4 rings (SSSR count). The Labute approximate surface area is 162 Å². The molecule has 0 saturated carbocycles.